The van der Waals surface area contributed by atoms with E-state index in [0.29, 0.717) is 24.5 Å². The Morgan fingerprint density at radius 3 is 1.38 bits per heavy atom. The quantitative estimate of drug-likeness (QED) is 0.362. The molecule has 2 aromatic rings. The van der Waals surface area contributed by atoms with Gasteiger partial charge in [-0.1, -0.05) is 23.7 Å². The maximum atomic E-state index is 11.4. The van der Waals surface area contributed by atoms with Gasteiger partial charge in [0.15, 0.2) is 0 Å². The van der Waals surface area contributed by atoms with E-state index in [1.807, 2.05) is 48.5 Å². The number of hydrogen-bond donors (Lipinski definition) is 0. The normalized spacial score (nSPS) is 10.0. The number of azo groups is 1. The molecule has 0 atom stereocenters. The standard InChI is InChI=1S/C24H22Cl2N4O2/c1-29(23(31)17-25)15-3-5-19-7-11-21(12-8-19)27-28-22-13-9-20(10-14-22)6-4-16-30(2)24(32)18-26/h7-14H,15-18H2,1-2H3. The monoisotopic (exact) mass is 468 g/mol. The topological polar surface area (TPSA) is 65.3 Å². The van der Waals surface area contributed by atoms with Gasteiger partial charge in [-0.05, 0) is 48.5 Å². The third-order valence-electron chi connectivity index (χ3n) is 4.19. The van der Waals surface area contributed by atoms with Crippen molar-refractivity contribution >= 4 is 46.4 Å². The van der Waals surface area contributed by atoms with Crippen molar-refractivity contribution in [2.24, 2.45) is 10.2 Å². The van der Waals surface area contributed by atoms with E-state index in [1.165, 1.54) is 9.80 Å². The van der Waals surface area contributed by atoms with Crippen LogP contribution in [0.5, 0.6) is 0 Å². The lowest BCUT2D eigenvalue weighted by molar-refractivity contribution is -0.127. The van der Waals surface area contributed by atoms with Gasteiger partial charge in [-0.15, -0.1) is 23.2 Å². The van der Waals surface area contributed by atoms with Gasteiger partial charge >= 0.3 is 0 Å². The molecule has 2 amide bonds. The highest BCUT2D eigenvalue weighted by Crippen LogP contribution is 2.19. The highest BCUT2D eigenvalue weighted by atomic mass is 35.5. The predicted molar refractivity (Wildman–Crippen MR) is 128 cm³/mol. The van der Waals surface area contributed by atoms with Crippen LogP contribution in [0.4, 0.5) is 11.4 Å². The van der Waals surface area contributed by atoms with E-state index in [9.17, 15) is 9.59 Å². The third kappa shape index (κ3) is 8.43. The van der Waals surface area contributed by atoms with E-state index in [-0.39, 0.29) is 23.6 Å². The van der Waals surface area contributed by atoms with Crippen molar-refractivity contribution in [1.82, 2.24) is 9.80 Å². The first-order valence-electron chi connectivity index (χ1n) is 9.62. The average molecular weight is 469 g/mol. The molecular weight excluding hydrogens is 447 g/mol. The van der Waals surface area contributed by atoms with Crippen LogP contribution in [0.15, 0.2) is 58.8 Å². The molecular formula is C24H22Cl2N4O2. The van der Waals surface area contributed by atoms with Crippen molar-refractivity contribution in [3.8, 4) is 23.7 Å². The van der Waals surface area contributed by atoms with Crippen LogP contribution in [-0.2, 0) is 9.59 Å². The number of rotatable bonds is 6. The minimum atomic E-state index is -0.164. The molecule has 0 fully saturated rings. The molecule has 0 aliphatic heterocycles. The highest BCUT2D eigenvalue weighted by Gasteiger charge is 2.04. The third-order valence-corrected chi connectivity index (χ3v) is 4.65. The first kappa shape index (κ1) is 24.9. The van der Waals surface area contributed by atoms with E-state index in [4.69, 9.17) is 23.2 Å². The summed E-state index contributed by atoms with van der Waals surface area (Å²) in [7, 11) is 3.32. The summed E-state index contributed by atoms with van der Waals surface area (Å²) in [6, 6.07) is 14.6. The summed E-state index contributed by atoms with van der Waals surface area (Å²) in [5.41, 5.74) is 3.02. The Hall–Kier alpha value is -3.32. The minimum absolute atomic E-state index is 0.0528. The molecule has 0 aliphatic rings. The number of halogens is 2. The van der Waals surface area contributed by atoms with E-state index in [2.05, 4.69) is 33.9 Å². The molecule has 0 saturated heterocycles. The minimum Gasteiger partial charge on any atom is -0.334 e. The van der Waals surface area contributed by atoms with Gasteiger partial charge in [-0.25, -0.2) is 0 Å². The van der Waals surface area contributed by atoms with Crippen molar-refractivity contribution in [3.63, 3.8) is 0 Å². The number of amides is 2. The van der Waals surface area contributed by atoms with Crippen LogP contribution in [-0.4, -0.2) is 60.6 Å². The Morgan fingerprint density at radius 2 is 1.06 bits per heavy atom. The predicted octanol–water partition coefficient (Wildman–Crippen LogP) is 4.20. The maximum absolute atomic E-state index is 11.4. The summed E-state index contributed by atoms with van der Waals surface area (Å²) >= 11 is 11.0. The molecule has 0 heterocycles. The molecule has 0 saturated carbocycles. The molecule has 0 aliphatic carbocycles. The summed E-state index contributed by atoms with van der Waals surface area (Å²) < 4.78 is 0. The lowest BCUT2D eigenvalue weighted by Crippen LogP contribution is -2.27. The van der Waals surface area contributed by atoms with Gasteiger partial charge in [0.2, 0.25) is 11.8 Å². The Bertz CT molecular complexity index is 988. The fourth-order valence-electron chi connectivity index (χ4n) is 2.24. The number of carbonyl (C=O) groups excluding carboxylic acids is 2. The largest absolute Gasteiger partial charge is 0.334 e. The zero-order valence-corrected chi connectivity index (χ0v) is 19.3. The molecule has 6 nitrogen and oxygen atoms in total. The van der Waals surface area contributed by atoms with Gasteiger partial charge in [0, 0.05) is 25.2 Å². The number of hydrogen-bond acceptors (Lipinski definition) is 4. The summed E-state index contributed by atoms with van der Waals surface area (Å²) in [5, 5.41) is 8.44. The van der Waals surface area contributed by atoms with E-state index in [0.717, 1.165) is 11.1 Å². The Morgan fingerprint density at radius 1 is 0.719 bits per heavy atom. The number of carbonyl (C=O) groups is 2. The average Bonchev–Trinajstić information content (AvgIpc) is 2.83. The van der Waals surface area contributed by atoms with E-state index >= 15 is 0 Å². The molecule has 32 heavy (non-hydrogen) atoms. The first-order chi connectivity index (χ1) is 15.4. The van der Waals surface area contributed by atoms with Crippen molar-refractivity contribution in [1.29, 1.82) is 0 Å². The fraction of sp³-hybridized carbons (Fsp3) is 0.250. The van der Waals surface area contributed by atoms with Crippen molar-refractivity contribution < 1.29 is 9.59 Å². The summed E-state index contributed by atoms with van der Waals surface area (Å²) in [6.07, 6.45) is 0. The van der Waals surface area contributed by atoms with Crippen LogP contribution >= 0.6 is 23.2 Å². The molecule has 8 heteroatoms. The summed E-state index contributed by atoms with van der Waals surface area (Å²) in [4.78, 5) is 25.7. The molecule has 2 aromatic carbocycles. The van der Waals surface area contributed by atoms with Crippen LogP contribution in [0, 0.1) is 23.7 Å². The van der Waals surface area contributed by atoms with Gasteiger partial charge < -0.3 is 9.80 Å². The zero-order chi connectivity index (χ0) is 23.3. The molecule has 0 spiro atoms. The Balaban J connectivity index is 1.91. The molecule has 0 N–H and O–H groups in total. The lowest BCUT2D eigenvalue weighted by atomic mass is 10.2. The van der Waals surface area contributed by atoms with Crippen LogP contribution in [0.25, 0.3) is 0 Å². The van der Waals surface area contributed by atoms with Crippen LogP contribution in [0.3, 0.4) is 0 Å². The van der Waals surface area contributed by atoms with Gasteiger partial charge in [0.25, 0.3) is 0 Å². The second kappa shape index (κ2) is 13.2. The Kier molecular flexibility index (Phi) is 10.3. The zero-order valence-electron chi connectivity index (χ0n) is 17.8. The summed E-state index contributed by atoms with van der Waals surface area (Å²) in [6.45, 7) is 0.630. The van der Waals surface area contributed by atoms with Gasteiger partial charge in [0.05, 0.1) is 24.5 Å². The molecule has 0 radical (unpaired) electrons. The Labute approximate surface area is 198 Å². The molecule has 0 unspecified atom stereocenters. The number of benzene rings is 2. The molecule has 0 aromatic heterocycles. The number of nitrogens with zero attached hydrogens (tertiary/aromatic N) is 4. The van der Waals surface area contributed by atoms with Crippen LogP contribution < -0.4 is 0 Å². The first-order valence-corrected chi connectivity index (χ1v) is 10.7. The summed E-state index contributed by atoms with van der Waals surface area (Å²) in [5.74, 6) is 11.4. The van der Waals surface area contributed by atoms with Crippen molar-refractivity contribution in [3.05, 3.63) is 59.7 Å². The van der Waals surface area contributed by atoms with Gasteiger partial charge in [-0.2, -0.15) is 10.2 Å². The number of alkyl halides is 2. The SMILES string of the molecule is CN(CC#Cc1ccc(N=Nc2ccc(C#CCN(C)C(=O)CCl)cc2)cc1)C(=O)CCl. The highest BCUT2D eigenvalue weighted by molar-refractivity contribution is 6.27. The molecule has 2 rings (SSSR count). The van der Waals surface area contributed by atoms with E-state index < -0.39 is 0 Å². The van der Waals surface area contributed by atoms with Crippen LogP contribution in [0.1, 0.15) is 11.1 Å². The smallest absolute Gasteiger partial charge is 0.238 e. The lowest BCUT2D eigenvalue weighted by Gasteiger charge is -2.10. The second-order valence-corrected chi connectivity index (χ2v) is 7.20. The fourth-order valence-corrected chi connectivity index (χ4v) is 2.65. The van der Waals surface area contributed by atoms with Gasteiger partial charge in [-0.3, -0.25) is 9.59 Å². The van der Waals surface area contributed by atoms with Crippen LogP contribution in [0.2, 0.25) is 0 Å². The molecule has 164 valence electrons. The van der Waals surface area contributed by atoms with Gasteiger partial charge in [0.1, 0.15) is 11.8 Å². The van der Waals surface area contributed by atoms with Crippen molar-refractivity contribution in [2.75, 3.05) is 38.9 Å². The molecule has 0 bridgehead atoms. The van der Waals surface area contributed by atoms with E-state index in [1.54, 1.807) is 14.1 Å². The second-order valence-electron chi connectivity index (χ2n) is 6.66. The van der Waals surface area contributed by atoms with Crippen molar-refractivity contribution in [2.45, 2.75) is 0 Å². The maximum Gasteiger partial charge on any atom is 0.238 e.